The van der Waals surface area contributed by atoms with E-state index in [2.05, 4.69) is 56.2 Å². The predicted molar refractivity (Wildman–Crippen MR) is 125 cm³/mol. The number of nitrogens with zero attached hydrogens (tertiary/aromatic N) is 7. The Bertz CT molecular complexity index is 1370. The minimum atomic E-state index is -0.163. The van der Waals surface area contributed by atoms with Gasteiger partial charge >= 0.3 is 0 Å². The number of carbonyl (C=O) groups excluding carboxylic acids is 1. The maximum atomic E-state index is 11.7. The highest BCUT2D eigenvalue weighted by molar-refractivity contribution is 9.10. The molecule has 1 aromatic carbocycles. The molecule has 1 fully saturated rings. The third-order valence-electron chi connectivity index (χ3n) is 5.71. The van der Waals surface area contributed by atoms with Crippen molar-refractivity contribution in [2.75, 3.05) is 47.9 Å². The van der Waals surface area contributed by atoms with Gasteiger partial charge in [0.2, 0.25) is 5.95 Å². The number of hydrogen-bond acceptors (Lipinski definition) is 9. The van der Waals surface area contributed by atoms with E-state index in [9.17, 15) is 4.79 Å². The Morgan fingerprint density at radius 3 is 2.76 bits per heavy atom. The lowest BCUT2D eigenvalue weighted by Crippen LogP contribution is -2.47. The van der Waals surface area contributed by atoms with Crippen LogP contribution in [0.5, 0.6) is 5.75 Å². The first-order valence-electron chi connectivity index (χ1n) is 10.4. The summed E-state index contributed by atoms with van der Waals surface area (Å²) in [5, 5.41) is 10.8. The summed E-state index contributed by atoms with van der Waals surface area (Å²) in [5.74, 6) is 2.02. The smallest absolute Gasteiger partial charge is 0.262 e. The van der Waals surface area contributed by atoms with Gasteiger partial charge in [-0.25, -0.2) is 19.9 Å². The van der Waals surface area contributed by atoms with Crippen LogP contribution in [0.3, 0.4) is 0 Å². The number of aromatic nitrogens is 6. The summed E-state index contributed by atoms with van der Waals surface area (Å²) in [4.78, 5) is 34.0. The minimum Gasteiger partial charge on any atom is -0.482 e. The molecular formula is C21H18BrN9O2. The number of hydrogen-bond donors (Lipinski definition) is 2. The third kappa shape index (κ3) is 3.61. The molecule has 0 spiro atoms. The van der Waals surface area contributed by atoms with Crippen molar-refractivity contribution in [1.82, 2.24) is 30.1 Å². The number of amides is 1. The fourth-order valence-electron chi connectivity index (χ4n) is 4.07. The zero-order chi connectivity index (χ0) is 22.4. The number of carbonyl (C=O) groups is 1. The molecule has 11 nitrogen and oxygen atoms in total. The Morgan fingerprint density at radius 1 is 1.03 bits per heavy atom. The Morgan fingerprint density at radius 2 is 1.88 bits per heavy atom. The minimum absolute atomic E-state index is 0.0358. The number of aromatic amines is 1. The number of ether oxygens (including phenoxy) is 1. The van der Waals surface area contributed by atoms with Crippen molar-refractivity contribution in [2.45, 2.75) is 0 Å². The Balaban J connectivity index is 1.21. The SMILES string of the molecule is O=C1COc2ccc(-c3ccnc(N4CCN(c5ncnc6[nH]nc(Br)c56)CC4)n3)cc2N1. The van der Waals surface area contributed by atoms with Crippen LogP contribution in [-0.2, 0) is 4.79 Å². The molecule has 6 rings (SSSR count). The summed E-state index contributed by atoms with van der Waals surface area (Å²) >= 11 is 3.48. The van der Waals surface area contributed by atoms with Crippen LogP contribution in [0.25, 0.3) is 22.3 Å². The van der Waals surface area contributed by atoms with Gasteiger partial charge in [0.1, 0.15) is 22.5 Å². The zero-order valence-corrected chi connectivity index (χ0v) is 18.9. The van der Waals surface area contributed by atoms with E-state index in [1.54, 1.807) is 12.5 Å². The standard InChI is InChI=1S/C21H18BrN9O2/c22-18-17-19(29-28-18)24-11-25-20(17)30-5-7-31(8-6-30)21-23-4-3-13(27-21)12-1-2-15-14(9-12)26-16(32)10-33-15/h1-4,9,11H,5-8,10H2,(H,26,32)(H,24,25,28,29). The summed E-state index contributed by atoms with van der Waals surface area (Å²) in [5.41, 5.74) is 3.02. The van der Waals surface area contributed by atoms with Gasteiger partial charge in [0.05, 0.1) is 16.8 Å². The predicted octanol–water partition coefficient (Wildman–Crippen LogP) is 2.23. The first kappa shape index (κ1) is 19.9. The molecule has 0 radical (unpaired) electrons. The largest absolute Gasteiger partial charge is 0.482 e. The van der Waals surface area contributed by atoms with Gasteiger partial charge in [0, 0.05) is 37.9 Å². The van der Waals surface area contributed by atoms with Crippen molar-refractivity contribution in [3.8, 4) is 17.0 Å². The number of rotatable bonds is 3. The van der Waals surface area contributed by atoms with Crippen molar-refractivity contribution >= 4 is 50.3 Å². The summed E-state index contributed by atoms with van der Waals surface area (Å²) in [6.07, 6.45) is 3.31. The van der Waals surface area contributed by atoms with Gasteiger partial charge in [-0.15, -0.1) is 0 Å². The van der Waals surface area contributed by atoms with Crippen LogP contribution in [0.2, 0.25) is 0 Å². The first-order valence-corrected chi connectivity index (χ1v) is 11.2. The molecule has 2 N–H and O–H groups in total. The molecule has 0 saturated carbocycles. The van der Waals surface area contributed by atoms with E-state index in [-0.39, 0.29) is 12.5 Å². The monoisotopic (exact) mass is 507 g/mol. The van der Waals surface area contributed by atoms with Crippen LogP contribution in [0, 0.1) is 0 Å². The van der Waals surface area contributed by atoms with Crippen LogP contribution in [0.15, 0.2) is 41.4 Å². The molecule has 0 atom stereocenters. The highest BCUT2D eigenvalue weighted by Gasteiger charge is 2.24. The average Bonchev–Trinajstić information content (AvgIpc) is 3.25. The summed E-state index contributed by atoms with van der Waals surface area (Å²) in [6.45, 7) is 3.06. The van der Waals surface area contributed by atoms with Gasteiger partial charge in [-0.05, 0) is 40.2 Å². The van der Waals surface area contributed by atoms with E-state index in [0.717, 1.165) is 48.6 Å². The molecule has 0 unspecified atom stereocenters. The number of fused-ring (bicyclic) bond motifs is 2. The Hall–Kier alpha value is -3.80. The first-order chi connectivity index (χ1) is 16.2. The van der Waals surface area contributed by atoms with Crippen molar-refractivity contribution in [2.24, 2.45) is 0 Å². The summed E-state index contributed by atoms with van der Waals surface area (Å²) in [7, 11) is 0. The topological polar surface area (TPSA) is 125 Å². The second-order valence-corrected chi connectivity index (χ2v) is 8.45. The normalized spacial score (nSPS) is 15.8. The van der Waals surface area contributed by atoms with Gasteiger partial charge in [-0.2, -0.15) is 5.10 Å². The lowest BCUT2D eigenvalue weighted by Gasteiger charge is -2.35. The highest BCUT2D eigenvalue weighted by atomic mass is 79.9. The zero-order valence-electron chi connectivity index (χ0n) is 17.3. The van der Waals surface area contributed by atoms with E-state index in [0.29, 0.717) is 27.6 Å². The lowest BCUT2D eigenvalue weighted by molar-refractivity contribution is -0.118. The molecule has 166 valence electrons. The fraction of sp³-hybridized carbons (Fsp3) is 0.238. The van der Waals surface area contributed by atoms with Crippen LogP contribution in [-0.4, -0.2) is 68.8 Å². The molecule has 1 saturated heterocycles. The maximum Gasteiger partial charge on any atom is 0.262 e. The van der Waals surface area contributed by atoms with E-state index in [1.165, 1.54) is 0 Å². The van der Waals surface area contributed by atoms with Gasteiger partial charge < -0.3 is 19.9 Å². The molecule has 2 aliphatic heterocycles. The maximum absolute atomic E-state index is 11.7. The molecule has 1 amide bonds. The van der Waals surface area contributed by atoms with E-state index in [1.807, 2.05) is 24.3 Å². The van der Waals surface area contributed by atoms with Gasteiger partial charge in [0.25, 0.3) is 5.91 Å². The fourth-order valence-corrected chi connectivity index (χ4v) is 4.52. The Kier molecular flexibility index (Phi) is 4.79. The van der Waals surface area contributed by atoms with E-state index in [4.69, 9.17) is 9.72 Å². The van der Waals surface area contributed by atoms with Crippen LogP contribution in [0.4, 0.5) is 17.5 Å². The number of nitrogens with one attached hydrogen (secondary N) is 2. The van der Waals surface area contributed by atoms with Crippen molar-refractivity contribution in [3.63, 3.8) is 0 Å². The molecule has 0 bridgehead atoms. The molecule has 3 aromatic heterocycles. The molecule has 0 aliphatic carbocycles. The average molecular weight is 508 g/mol. The number of H-pyrrole nitrogens is 1. The van der Waals surface area contributed by atoms with E-state index < -0.39 is 0 Å². The van der Waals surface area contributed by atoms with Gasteiger partial charge in [-0.3, -0.25) is 9.89 Å². The number of anilines is 3. The van der Waals surface area contributed by atoms with Gasteiger partial charge in [0.15, 0.2) is 12.3 Å². The molecule has 5 heterocycles. The molecule has 12 heteroatoms. The summed E-state index contributed by atoms with van der Waals surface area (Å²) in [6, 6.07) is 7.52. The van der Waals surface area contributed by atoms with Crippen molar-refractivity contribution in [1.29, 1.82) is 0 Å². The second-order valence-electron chi connectivity index (χ2n) is 7.70. The van der Waals surface area contributed by atoms with Crippen LogP contribution < -0.4 is 19.9 Å². The van der Waals surface area contributed by atoms with Crippen molar-refractivity contribution in [3.05, 3.63) is 41.4 Å². The lowest BCUT2D eigenvalue weighted by atomic mass is 10.1. The van der Waals surface area contributed by atoms with Gasteiger partial charge in [-0.1, -0.05) is 0 Å². The number of benzene rings is 1. The Labute approximate surface area is 196 Å². The highest BCUT2D eigenvalue weighted by Crippen LogP contribution is 2.33. The van der Waals surface area contributed by atoms with Crippen LogP contribution >= 0.6 is 15.9 Å². The number of halogens is 1. The van der Waals surface area contributed by atoms with Crippen molar-refractivity contribution < 1.29 is 9.53 Å². The quantitative estimate of drug-likeness (QED) is 0.429. The van der Waals surface area contributed by atoms with E-state index >= 15 is 0 Å². The second kappa shape index (κ2) is 7.96. The third-order valence-corrected chi connectivity index (χ3v) is 6.28. The number of piperazine rings is 1. The van der Waals surface area contributed by atoms with Crippen LogP contribution in [0.1, 0.15) is 0 Å². The molecule has 2 aliphatic rings. The summed E-state index contributed by atoms with van der Waals surface area (Å²) < 4.78 is 6.15. The molecule has 33 heavy (non-hydrogen) atoms. The molecular weight excluding hydrogens is 490 g/mol. The molecule has 4 aromatic rings.